The molecule has 4 nitrogen and oxygen atoms in total. The first-order valence-electron chi connectivity index (χ1n) is 5.37. The summed E-state index contributed by atoms with van der Waals surface area (Å²) in [5.41, 5.74) is 0.704. The molecule has 0 aliphatic carbocycles. The molecule has 1 unspecified atom stereocenters. The van der Waals surface area contributed by atoms with E-state index in [2.05, 4.69) is 0 Å². The number of hydrogen-bond acceptors (Lipinski definition) is 4. The van der Waals surface area contributed by atoms with Gasteiger partial charge >= 0.3 is 0 Å². The zero-order valence-corrected chi connectivity index (χ0v) is 9.34. The molecule has 0 aliphatic heterocycles. The van der Waals surface area contributed by atoms with Crippen LogP contribution < -0.4 is 4.74 Å². The van der Waals surface area contributed by atoms with Crippen LogP contribution in [0.2, 0.25) is 0 Å². The van der Waals surface area contributed by atoms with E-state index in [0.717, 1.165) is 0 Å². The molecule has 1 rings (SSSR count). The van der Waals surface area contributed by atoms with Gasteiger partial charge in [0.15, 0.2) is 0 Å². The van der Waals surface area contributed by atoms with Crippen LogP contribution in [0.5, 0.6) is 5.75 Å². The molecule has 0 fully saturated rings. The van der Waals surface area contributed by atoms with E-state index >= 15 is 0 Å². The summed E-state index contributed by atoms with van der Waals surface area (Å²) in [6.07, 6.45) is -0.863. The fourth-order valence-electron chi connectivity index (χ4n) is 1.35. The SMILES string of the molecule is CC[C@H](O)c1ccccc1OCC(O)CO. The first-order chi connectivity index (χ1) is 7.69. The molecule has 0 heterocycles. The second kappa shape index (κ2) is 6.48. The summed E-state index contributed by atoms with van der Waals surface area (Å²) in [6.45, 7) is 1.56. The van der Waals surface area contributed by atoms with Gasteiger partial charge < -0.3 is 20.1 Å². The standard InChI is InChI=1S/C12H18O4/c1-2-11(15)10-5-3-4-6-12(10)16-8-9(14)7-13/h3-6,9,11,13-15H,2,7-8H2,1H3/t9?,11-/m0/s1. The minimum atomic E-state index is -0.896. The van der Waals surface area contributed by atoms with E-state index in [1.807, 2.05) is 13.0 Å². The van der Waals surface area contributed by atoms with Crippen molar-refractivity contribution < 1.29 is 20.1 Å². The number of aliphatic hydroxyl groups is 3. The summed E-state index contributed by atoms with van der Waals surface area (Å²) in [4.78, 5) is 0. The van der Waals surface area contributed by atoms with E-state index in [0.29, 0.717) is 17.7 Å². The lowest BCUT2D eigenvalue weighted by Gasteiger charge is -2.16. The van der Waals surface area contributed by atoms with Crippen molar-refractivity contribution in [2.24, 2.45) is 0 Å². The molecule has 0 amide bonds. The smallest absolute Gasteiger partial charge is 0.125 e. The first-order valence-corrected chi connectivity index (χ1v) is 5.37. The van der Waals surface area contributed by atoms with E-state index in [9.17, 15) is 5.11 Å². The number of hydrogen-bond donors (Lipinski definition) is 3. The molecule has 0 saturated heterocycles. The van der Waals surface area contributed by atoms with Crippen LogP contribution in [-0.2, 0) is 0 Å². The maximum Gasteiger partial charge on any atom is 0.125 e. The fraction of sp³-hybridized carbons (Fsp3) is 0.500. The zero-order chi connectivity index (χ0) is 12.0. The lowest BCUT2D eigenvalue weighted by atomic mass is 10.1. The van der Waals surface area contributed by atoms with Crippen molar-refractivity contribution in [3.8, 4) is 5.75 Å². The average Bonchev–Trinajstić information content (AvgIpc) is 2.35. The molecule has 3 N–H and O–H groups in total. The number of para-hydroxylation sites is 1. The van der Waals surface area contributed by atoms with Crippen LogP contribution in [0.1, 0.15) is 25.0 Å². The summed E-state index contributed by atoms with van der Waals surface area (Å²) in [6, 6.07) is 7.14. The molecule has 1 aromatic rings. The van der Waals surface area contributed by atoms with Crippen molar-refractivity contribution in [1.29, 1.82) is 0 Å². The van der Waals surface area contributed by atoms with Crippen LogP contribution in [0.3, 0.4) is 0 Å². The lowest BCUT2D eigenvalue weighted by Crippen LogP contribution is -2.21. The molecule has 0 aliphatic rings. The minimum Gasteiger partial charge on any atom is -0.490 e. The highest BCUT2D eigenvalue weighted by Crippen LogP contribution is 2.26. The topological polar surface area (TPSA) is 69.9 Å². The summed E-state index contributed by atoms with van der Waals surface area (Å²) in [5, 5.41) is 27.6. The molecule has 2 atom stereocenters. The van der Waals surface area contributed by atoms with Crippen molar-refractivity contribution in [3.05, 3.63) is 29.8 Å². The molecule has 90 valence electrons. The van der Waals surface area contributed by atoms with E-state index in [-0.39, 0.29) is 13.2 Å². The van der Waals surface area contributed by atoms with E-state index in [4.69, 9.17) is 14.9 Å². The van der Waals surface area contributed by atoms with Crippen LogP contribution in [0.25, 0.3) is 0 Å². The van der Waals surface area contributed by atoms with Gasteiger partial charge in [-0.2, -0.15) is 0 Å². The number of rotatable bonds is 6. The Bertz CT molecular complexity index is 314. The quantitative estimate of drug-likeness (QED) is 0.673. The maximum atomic E-state index is 9.74. The molecule has 0 aromatic heterocycles. The zero-order valence-electron chi connectivity index (χ0n) is 9.34. The third kappa shape index (κ3) is 3.48. The van der Waals surface area contributed by atoms with Gasteiger partial charge in [0.2, 0.25) is 0 Å². The summed E-state index contributed by atoms with van der Waals surface area (Å²) in [7, 11) is 0. The van der Waals surface area contributed by atoms with Gasteiger partial charge in [-0.3, -0.25) is 0 Å². The van der Waals surface area contributed by atoms with Crippen molar-refractivity contribution in [1.82, 2.24) is 0 Å². The predicted octanol–water partition coefficient (Wildman–Crippen LogP) is 0.862. The van der Waals surface area contributed by atoms with E-state index < -0.39 is 12.2 Å². The first kappa shape index (κ1) is 13.0. The van der Waals surface area contributed by atoms with Gasteiger partial charge in [0.05, 0.1) is 12.7 Å². The Morgan fingerprint density at radius 3 is 2.56 bits per heavy atom. The Hall–Kier alpha value is -1.10. The van der Waals surface area contributed by atoms with Crippen LogP contribution in [0.4, 0.5) is 0 Å². The molecule has 0 radical (unpaired) electrons. The molecule has 0 spiro atoms. The third-order valence-electron chi connectivity index (χ3n) is 2.31. The number of ether oxygens (including phenoxy) is 1. The highest BCUT2D eigenvalue weighted by atomic mass is 16.5. The monoisotopic (exact) mass is 226 g/mol. The molecular weight excluding hydrogens is 208 g/mol. The van der Waals surface area contributed by atoms with E-state index in [1.54, 1.807) is 18.2 Å². The van der Waals surface area contributed by atoms with Gasteiger partial charge in [0.25, 0.3) is 0 Å². The Morgan fingerprint density at radius 1 is 1.25 bits per heavy atom. The van der Waals surface area contributed by atoms with Gasteiger partial charge in [-0.25, -0.2) is 0 Å². The maximum absolute atomic E-state index is 9.74. The van der Waals surface area contributed by atoms with Crippen LogP contribution in [0, 0.1) is 0 Å². The minimum absolute atomic E-state index is 0.0178. The second-order valence-electron chi connectivity index (χ2n) is 3.61. The van der Waals surface area contributed by atoms with Gasteiger partial charge in [-0.05, 0) is 12.5 Å². The second-order valence-corrected chi connectivity index (χ2v) is 3.61. The molecule has 0 bridgehead atoms. The summed E-state index contributed by atoms with van der Waals surface area (Å²) < 4.78 is 5.34. The highest BCUT2D eigenvalue weighted by molar-refractivity contribution is 5.35. The fourth-order valence-corrected chi connectivity index (χ4v) is 1.35. The van der Waals surface area contributed by atoms with Crippen molar-refractivity contribution >= 4 is 0 Å². The normalized spacial score (nSPS) is 14.5. The van der Waals surface area contributed by atoms with Gasteiger partial charge in [0, 0.05) is 5.56 Å². The van der Waals surface area contributed by atoms with E-state index in [1.165, 1.54) is 0 Å². The van der Waals surface area contributed by atoms with Gasteiger partial charge in [0.1, 0.15) is 18.5 Å². The Balaban J connectivity index is 2.71. The Morgan fingerprint density at radius 2 is 1.94 bits per heavy atom. The third-order valence-corrected chi connectivity index (χ3v) is 2.31. The van der Waals surface area contributed by atoms with Gasteiger partial charge in [-0.15, -0.1) is 0 Å². The molecule has 1 aromatic carbocycles. The van der Waals surface area contributed by atoms with Crippen molar-refractivity contribution in [2.45, 2.75) is 25.6 Å². The van der Waals surface area contributed by atoms with Crippen LogP contribution in [0.15, 0.2) is 24.3 Å². The number of aliphatic hydroxyl groups excluding tert-OH is 3. The van der Waals surface area contributed by atoms with Crippen LogP contribution in [-0.4, -0.2) is 34.6 Å². The Labute approximate surface area is 95.1 Å². The average molecular weight is 226 g/mol. The molecule has 0 saturated carbocycles. The summed E-state index contributed by atoms with van der Waals surface area (Å²) >= 11 is 0. The van der Waals surface area contributed by atoms with Gasteiger partial charge in [-0.1, -0.05) is 25.1 Å². The molecular formula is C12H18O4. The number of benzene rings is 1. The predicted molar refractivity (Wildman–Crippen MR) is 60.3 cm³/mol. The van der Waals surface area contributed by atoms with Crippen molar-refractivity contribution in [3.63, 3.8) is 0 Å². The summed E-state index contributed by atoms with van der Waals surface area (Å²) in [5.74, 6) is 0.546. The van der Waals surface area contributed by atoms with Crippen LogP contribution >= 0.6 is 0 Å². The largest absolute Gasteiger partial charge is 0.490 e. The molecule has 16 heavy (non-hydrogen) atoms. The highest BCUT2D eigenvalue weighted by Gasteiger charge is 2.12. The Kier molecular flexibility index (Phi) is 5.25. The van der Waals surface area contributed by atoms with Crippen molar-refractivity contribution in [2.75, 3.05) is 13.2 Å². The molecule has 4 heteroatoms. The lowest BCUT2D eigenvalue weighted by molar-refractivity contribution is 0.0520.